The van der Waals surface area contributed by atoms with E-state index in [1.165, 1.54) is 11.1 Å². The van der Waals surface area contributed by atoms with Crippen molar-refractivity contribution >= 4 is 0 Å². The molecule has 33 heavy (non-hydrogen) atoms. The normalized spacial score (nSPS) is 12.8. The summed E-state index contributed by atoms with van der Waals surface area (Å²) in [6, 6.07) is 41.5. The molecule has 0 aliphatic heterocycles. The van der Waals surface area contributed by atoms with Crippen molar-refractivity contribution < 1.29 is 9.47 Å². The monoisotopic (exact) mass is 437 g/mol. The molecule has 0 aliphatic rings. The van der Waals surface area contributed by atoms with E-state index in [2.05, 4.69) is 78.1 Å². The van der Waals surface area contributed by atoms with Crippen molar-refractivity contribution in [3.8, 4) is 0 Å². The van der Waals surface area contributed by atoms with Crippen LogP contribution in [-0.4, -0.2) is 12.7 Å². The first-order valence-electron chi connectivity index (χ1n) is 11.5. The van der Waals surface area contributed by atoms with Crippen LogP contribution in [0.25, 0.3) is 0 Å². The quantitative estimate of drug-likeness (QED) is 0.281. The highest BCUT2D eigenvalue weighted by Gasteiger charge is 2.24. The lowest BCUT2D eigenvalue weighted by Gasteiger charge is -2.29. The van der Waals surface area contributed by atoms with Gasteiger partial charge < -0.3 is 14.8 Å². The average molecular weight is 438 g/mol. The van der Waals surface area contributed by atoms with E-state index >= 15 is 0 Å². The summed E-state index contributed by atoms with van der Waals surface area (Å²) in [6.07, 6.45) is -0.153. The number of benzene rings is 4. The Bertz CT molecular complexity index is 1040. The van der Waals surface area contributed by atoms with E-state index in [0.29, 0.717) is 19.8 Å². The second kappa shape index (κ2) is 12.7. The molecule has 0 aliphatic carbocycles. The van der Waals surface area contributed by atoms with Crippen molar-refractivity contribution in [1.29, 1.82) is 0 Å². The van der Waals surface area contributed by atoms with Gasteiger partial charge in [0.2, 0.25) is 0 Å². The fourth-order valence-corrected chi connectivity index (χ4v) is 3.83. The molecule has 4 aromatic rings. The lowest BCUT2D eigenvalue weighted by Crippen LogP contribution is -2.37. The average Bonchev–Trinajstić information content (AvgIpc) is 2.89. The summed E-state index contributed by atoms with van der Waals surface area (Å²) in [5.74, 6) is 0. The maximum absolute atomic E-state index is 6.48. The molecular weight excluding hydrogens is 406 g/mol. The summed E-state index contributed by atoms with van der Waals surface area (Å²) in [4.78, 5) is 0. The van der Waals surface area contributed by atoms with Gasteiger partial charge in [0.05, 0.1) is 25.9 Å². The van der Waals surface area contributed by atoms with Gasteiger partial charge >= 0.3 is 0 Å². The van der Waals surface area contributed by atoms with Gasteiger partial charge in [-0.15, -0.1) is 0 Å². The molecule has 0 amide bonds. The molecule has 0 heterocycles. The molecule has 0 bridgehead atoms. The van der Waals surface area contributed by atoms with Gasteiger partial charge in [0.15, 0.2) is 0 Å². The molecule has 0 saturated heterocycles. The van der Waals surface area contributed by atoms with Gasteiger partial charge in [0.1, 0.15) is 6.10 Å². The van der Waals surface area contributed by atoms with Crippen LogP contribution in [0.1, 0.15) is 28.3 Å². The third-order valence-electron chi connectivity index (χ3n) is 5.60. The summed E-state index contributed by atoms with van der Waals surface area (Å²) >= 11 is 0. The Hall–Kier alpha value is -3.24. The molecule has 3 heteroatoms. The Morgan fingerprint density at radius 1 is 0.545 bits per heavy atom. The van der Waals surface area contributed by atoms with Crippen LogP contribution in [0.3, 0.4) is 0 Å². The summed E-state index contributed by atoms with van der Waals surface area (Å²) < 4.78 is 12.6. The van der Waals surface area contributed by atoms with Gasteiger partial charge in [-0.2, -0.15) is 0 Å². The van der Waals surface area contributed by atoms with Crippen LogP contribution in [0, 0.1) is 0 Å². The van der Waals surface area contributed by atoms with Crippen LogP contribution >= 0.6 is 0 Å². The molecular formula is C30H31NO2. The van der Waals surface area contributed by atoms with Crippen LogP contribution in [0.4, 0.5) is 0 Å². The molecule has 0 unspecified atom stereocenters. The van der Waals surface area contributed by atoms with Crippen molar-refractivity contribution in [3.63, 3.8) is 0 Å². The number of hydrogen-bond donors (Lipinski definition) is 1. The SMILES string of the molecule is c1ccc(CN[C@H](c2ccccc2)[C@@H](COCc2ccccc2)OCc2ccccc2)cc1. The van der Waals surface area contributed by atoms with Gasteiger partial charge in [0, 0.05) is 6.54 Å². The van der Waals surface area contributed by atoms with E-state index < -0.39 is 0 Å². The van der Waals surface area contributed by atoms with E-state index in [4.69, 9.17) is 9.47 Å². The largest absolute Gasteiger partial charge is 0.374 e. The summed E-state index contributed by atoms with van der Waals surface area (Å²) in [5.41, 5.74) is 4.74. The van der Waals surface area contributed by atoms with Gasteiger partial charge in [-0.3, -0.25) is 0 Å². The second-order valence-corrected chi connectivity index (χ2v) is 8.09. The zero-order chi connectivity index (χ0) is 22.6. The number of nitrogens with one attached hydrogen (secondary N) is 1. The Labute approximate surface area is 197 Å². The fraction of sp³-hybridized carbons (Fsp3) is 0.200. The molecule has 0 radical (unpaired) electrons. The number of hydrogen-bond acceptors (Lipinski definition) is 3. The lowest BCUT2D eigenvalue weighted by molar-refractivity contribution is -0.0486. The van der Waals surface area contributed by atoms with Gasteiger partial charge in [-0.05, 0) is 22.3 Å². The predicted molar refractivity (Wildman–Crippen MR) is 134 cm³/mol. The van der Waals surface area contributed by atoms with E-state index in [1.807, 2.05) is 48.5 Å². The van der Waals surface area contributed by atoms with Crippen LogP contribution in [-0.2, 0) is 29.2 Å². The molecule has 1 N–H and O–H groups in total. The predicted octanol–water partition coefficient (Wildman–Crippen LogP) is 6.32. The maximum Gasteiger partial charge on any atom is 0.101 e. The fourth-order valence-electron chi connectivity index (χ4n) is 3.83. The Morgan fingerprint density at radius 3 is 1.61 bits per heavy atom. The third kappa shape index (κ3) is 7.40. The molecule has 3 nitrogen and oxygen atoms in total. The number of rotatable bonds is 12. The molecule has 0 spiro atoms. The highest BCUT2D eigenvalue weighted by Crippen LogP contribution is 2.22. The van der Waals surface area contributed by atoms with Crippen LogP contribution in [0.5, 0.6) is 0 Å². The zero-order valence-electron chi connectivity index (χ0n) is 18.8. The first kappa shape index (κ1) is 22.9. The maximum atomic E-state index is 6.48. The molecule has 2 atom stereocenters. The van der Waals surface area contributed by atoms with Crippen molar-refractivity contribution in [1.82, 2.24) is 5.32 Å². The summed E-state index contributed by atoms with van der Waals surface area (Å²) in [6.45, 7) is 2.34. The standard InChI is InChI=1S/C30H31NO2/c1-5-13-25(14-6-1)21-31-30(28-19-11-4-12-20-28)29(33-23-27-17-9-3-10-18-27)24-32-22-26-15-7-2-8-16-26/h1-20,29-31H,21-24H2/t29-,30-/m1/s1. The van der Waals surface area contributed by atoms with Crippen LogP contribution in [0.2, 0.25) is 0 Å². The highest BCUT2D eigenvalue weighted by molar-refractivity contribution is 5.22. The minimum absolute atomic E-state index is 0.00843. The third-order valence-corrected chi connectivity index (χ3v) is 5.60. The second-order valence-electron chi connectivity index (χ2n) is 8.09. The van der Waals surface area contributed by atoms with Gasteiger partial charge in [-0.1, -0.05) is 121 Å². The van der Waals surface area contributed by atoms with Gasteiger partial charge in [0.25, 0.3) is 0 Å². The molecule has 0 fully saturated rings. The number of ether oxygens (including phenoxy) is 2. The topological polar surface area (TPSA) is 30.5 Å². The van der Waals surface area contributed by atoms with E-state index in [-0.39, 0.29) is 12.1 Å². The van der Waals surface area contributed by atoms with Crippen molar-refractivity contribution in [2.75, 3.05) is 6.61 Å². The molecule has 4 rings (SSSR count). The van der Waals surface area contributed by atoms with Crippen molar-refractivity contribution in [3.05, 3.63) is 144 Å². The summed E-state index contributed by atoms with van der Waals surface area (Å²) in [5, 5.41) is 3.73. The van der Waals surface area contributed by atoms with Crippen molar-refractivity contribution in [2.24, 2.45) is 0 Å². The van der Waals surface area contributed by atoms with Gasteiger partial charge in [-0.25, -0.2) is 0 Å². The minimum atomic E-state index is -0.153. The highest BCUT2D eigenvalue weighted by atomic mass is 16.5. The molecule has 168 valence electrons. The smallest absolute Gasteiger partial charge is 0.101 e. The first-order valence-corrected chi connectivity index (χ1v) is 11.5. The Morgan fingerprint density at radius 2 is 1.03 bits per heavy atom. The first-order chi connectivity index (χ1) is 16.4. The minimum Gasteiger partial charge on any atom is -0.374 e. The zero-order valence-corrected chi connectivity index (χ0v) is 18.8. The van der Waals surface area contributed by atoms with Crippen LogP contribution < -0.4 is 5.32 Å². The van der Waals surface area contributed by atoms with E-state index in [9.17, 15) is 0 Å². The van der Waals surface area contributed by atoms with Crippen molar-refractivity contribution in [2.45, 2.75) is 31.9 Å². The molecule has 0 saturated carbocycles. The lowest BCUT2D eigenvalue weighted by atomic mass is 10.0. The molecule has 0 aromatic heterocycles. The molecule has 4 aromatic carbocycles. The van der Waals surface area contributed by atoms with E-state index in [1.54, 1.807) is 0 Å². The Kier molecular flexibility index (Phi) is 8.83. The van der Waals surface area contributed by atoms with Crippen LogP contribution in [0.15, 0.2) is 121 Å². The van der Waals surface area contributed by atoms with E-state index in [0.717, 1.165) is 17.7 Å². The Balaban J connectivity index is 1.50. The summed E-state index contributed by atoms with van der Waals surface area (Å²) in [7, 11) is 0.